The van der Waals surface area contributed by atoms with Gasteiger partial charge in [0.1, 0.15) is 17.1 Å². The molecule has 2 rings (SSSR count). The first kappa shape index (κ1) is 12.9. The van der Waals surface area contributed by atoms with Gasteiger partial charge in [0, 0.05) is 13.1 Å². The molecule has 1 aliphatic rings. The third-order valence-corrected chi connectivity index (χ3v) is 3.16. The molecule has 0 aromatic heterocycles. The van der Waals surface area contributed by atoms with Crippen LogP contribution in [0.25, 0.3) is 0 Å². The quantitative estimate of drug-likeness (QED) is 0.874. The van der Waals surface area contributed by atoms with E-state index in [1.54, 1.807) is 4.90 Å². The fourth-order valence-electron chi connectivity index (χ4n) is 2.04. The minimum atomic E-state index is -0.656. The first-order valence-electron chi connectivity index (χ1n) is 6.40. The molecule has 1 aromatic rings. The maximum Gasteiger partial charge on any atom is 0.260 e. The normalized spacial score (nSPS) is 14.6. The first-order valence-corrected chi connectivity index (χ1v) is 6.40. The van der Waals surface area contributed by atoms with Crippen LogP contribution in [0.1, 0.15) is 36.5 Å². The molecule has 0 radical (unpaired) electrons. The molecular formula is C14H18FNO2. The highest BCUT2D eigenvalue weighted by atomic mass is 19.1. The molecule has 4 heteroatoms. The number of aromatic hydroxyl groups is 1. The van der Waals surface area contributed by atoms with Gasteiger partial charge in [0.25, 0.3) is 5.91 Å². The lowest BCUT2D eigenvalue weighted by Crippen LogP contribution is -2.34. The van der Waals surface area contributed by atoms with E-state index in [0.717, 1.165) is 19.3 Å². The van der Waals surface area contributed by atoms with Gasteiger partial charge in [-0.25, -0.2) is 4.39 Å². The Morgan fingerprint density at radius 1 is 1.50 bits per heavy atom. The number of phenols is 1. The van der Waals surface area contributed by atoms with Crippen LogP contribution in [0.3, 0.4) is 0 Å². The highest BCUT2D eigenvalue weighted by Gasteiger charge is 2.29. The van der Waals surface area contributed by atoms with E-state index >= 15 is 0 Å². The van der Waals surface area contributed by atoms with Crippen molar-refractivity contribution in [2.24, 2.45) is 5.92 Å². The van der Waals surface area contributed by atoms with Crippen molar-refractivity contribution in [3.63, 3.8) is 0 Å². The maximum atomic E-state index is 13.6. The molecule has 1 fully saturated rings. The smallest absolute Gasteiger partial charge is 0.260 e. The standard InChI is InChI=1S/C14H18FNO2/c1-2-8-16(9-10-6-7-10)14(18)13-11(15)4-3-5-12(13)17/h3-5,10,17H,2,6-9H2,1H3. The monoisotopic (exact) mass is 251 g/mol. The fraction of sp³-hybridized carbons (Fsp3) is 0.500. The van der Waals surface area contributed by atoms with E-state index in [9.17, 15) is 14.3 Å². The summed E-state index contributed by atoms with van der Waals surface area (Å²) in [4.78, 5) is 13.9. The van der Waals surface area contributed by atoms with Crippen molar-refractivity contribution in [1.29, 1.82) is 0 Å². The molecule has 18 heavy (non-hydrogen) atoms. The summed E-state index contributed by atoms with van der Waals surface area (Å²) in [7, 11) is 0. The number of rotatable bonds is 5. The topological polar surface area (TPSA) is 40.5 Å². The van der Waals surface area contributed by atoms with E-state index in [0.29, 0.717) is 19.0 Å². The largest absolute Gasteiger partial charge is 0.507 e. The zero-order chi connectivity index (χ0) is 13.1. The van der Waals surface area contributed by atoms with Gasteiger partial charge in [-0.3, -0.25) is 4.79 Å². The molecule has 1 aromatic carbocycles. The van der Waals surface area contributed by atoms with Crippen LogP contribution in [-0.4, -0.2) is 29.0 Å². The number of phenolic OH excluding ortho intramolecular Hbond substituents is 1. The van der Waals surface area contributed by atoms with Crippen LogP contribution in [0, 0.1) is 11.7 Å². The second-order valence-corrected chi connectivity index (χ2v) is 4.83. The fourth-order valence-corrected chi connectivity index (χ4v) is 2.04. The molecule has 0 spiro atoms. The molecule has 1 amide bonds. The van der Waals surface area contributed by atoms with Crippen LogP contribution >= 0.6 is 0 Å². The number of nitrogens with zero attached hydrogens (tertiary/aromatic N) is 1. The van der Waals surface area contributed by atoms with Gasteiger partial charge < -0.3 is 10.0 Å². The minimum Gasteiger partial charge on any atom is -0.507 e. The van der Waals surface area contributed by atoms with Gasteiger partial charge in [-0.15, -0.1) is 0 Å². The zero-order valence-corrected chi connectivity index (χ0v) is 10.5. The van der Waals surface area contributed by atoms with Crippen molar-refractivity contribution in [2.45, 2.75) is 26.2 Å². The number of hydrogen-bond donors (Lipinski definition) is 1. The summed E-state index contributed by atoms with van der Waals surface area (Å²) >= 11 is 0. The second-order valence-electron chi connectivity index (χ2n) is 4.83. The van der Waals surface area contributed by atoms with E-state index in [1.807, 2.05) is 6.92 Å². The van der Waals surface area contributed by atoms with Gasteiger partial charge in [0.05, 0.1) is 0 Å². The third-order valence-electron chi connectivity index (χ3n) is 3.16. The number of hydrogen-bond acceptors (Lipinski definition) is 2. The van der Waals surface area contributed by atoms with Crippen LogP contribution < -0.4 is 0 Å². The summed E-state index contributed by atoms with van der Waals surface area (Å²) in [5.74, 6) is -0.789. The Balaban J connectivity index is 2.20. The van der Waals surface area contributed by atoms with Crippen LogP contribution in [0.5, 0.6) is 5.75 Å². The lowest BCUT2D eigenvalue weighted by Gasteiger charge is -2.22. The van der Waals surface area contributed by atoms with Gasteiger partial charge >= 0.3 is 0 Å². The highest BCUT2D eigenvalue weighted by Crippen LogP contribution is 2.31. The molecule has 3 nitrogen and oxygen atoms in total. The number of carbonyl (C=O) groups excluding carboxylic acids is 1. The van der Waals surface area contributed by atoms with Crippen molar-refractivity contribution >= 4 is 5.91 Å². The van der Waals surface area contributed by atoms with E-state index in [4.69, 9.17) is 0 Å². The summed E-state index contributed by atoms with van der Waals surface area (Å²) in [6, 6.07) is 3.94. The molecule has 0 heterocycles. The SMILES string of the molecule is CCCN(CC1CC1)C(=O)c1c(O)cccc1F. The second kappa shape index (κ2) is 5.38. The molecule has 1 N–H and O–H groups in total. The Hall–Kier alpha value is -1.58. The lowest BCUT2D eigenvalue weighted by atomic mass is 10.1. The van der Waals surface area contributed by atoms with Crippen LogP contribution in [0.15, 0.2) is 18.2 Å². The Labute approximate surface area is 106 Å². The molecule has 0 unspecified atom stereocenters. The number of carbonyl (C=O) groups is 1. The van der Waals surface area contributed by atoms with Crippen LogP contribution in [-0.2, 0) is 0 Å². The lowest BCUT2D eigenvalue weighted by molar-refractivity contribution is 0.0739. The van der Waals surface area contributed by atoms with Gasteiger partial charge in [0.2, 0.25) is 0 Å². The molecule has 1 saturated carbocycles. The molecular weight excluding hydrogens is 233 g/mol. The predicted octanol–water partition coefficient (Wildman–Crippen LogP) is 2.79. The van der Waals surface area contributed by atoms with Gasteiger partial charge in [-0.2, -0.15) is 0 Å². The Morgan fingerprint density at radius 3 is 2.78 bits per heavy atom. The average molecular weight is 251 g/mol. The molecule has 0 atom stereocenters. The van der Waals surface area contributed by atoms with Crippen molar-refractivity contribution < 1.29 is 14.3 Å². The third kappa shape index (κ3) is 2.81. The Bertz CT molecular complexity index is 423. The number of benzene rings is 1. The summed E-state index contributed by atoms with van der Waals surface area (Å²) < 4.78 is 13.6. The van der Waals surface area contributed by atoms with Gasteiger partial charge in [-0.05, 0) is 37.3 Å². The minimum absolute atomic E-state index is 0.202. The van der Waals surface area contributed by atoms with E-state index in [2.05, 4.69) is 0 Å². The van der Waals surface area contributed by atoms with Gasteiger partial charge in [-0.1, -0.05) is 13.0 Å². The van der Waals surface area contributed by atoms with Crippen molar-refractivity contribution in [2.75, 3.05) is 13.1 Å². The molecule has 0 aliphatic heterocycles. The first-order chi connectivity index (χ1) is 8.63. The Morgan fingerprint density at radius 2 is 2.22 bits per heavy atom. The summed E-state index contributed by atoms with van der Waals surface area (Å²) in [6.45, 7) is 3.25. The zero-order valence-electron chi connectivity index (χ0n) is 10.5. The average Bonchev–Trinajstić information content (AvgIpc) is 3.12. The van der Waals surface area contributed by atoms with E-state index < -0.39 is 11.7 Å². The molecule has 0 saturated heterocycles. The number of amides is 1. The van der Waals surface area contributed by atoms with Gasteiger partial charge in [0.15, 0.2) is 0 Å². The summed E-state index contributed by atoms with van der Waals surface area (Å²) in [5, 5.41) is 9.64. The number of halogens is 1. The predicted molar refractivity (Wildman–Crippen MR) is 67.0 cm³/mol. The van der Waals surface area contributed by atoms with Crippen LogP contribution in [0.4, 0.5) is 4.39 Å². The molecule has 1 aliphatic carbocycles. The highest BCUT2D eigenvalue weighted by molar-refractivity contribution is 5.97. The molecule has 0 bridgehead atoms. The summed E-state index contributed by atoms with van der Waals surface area (Å²) in [5.41, 5.74) is -0.202. The van der Waals surface area contributed by atoms with Crippen molar-refractivity contribution in [1.82, 2.24) is 4.90 Å². The van der Waals surface area contributed by atoms with E-state index in [-0.39, 0.29) is 11.3 Å². The van der Waals surface area contributed by atoms with Crippen LogP contribution in [0.2, 0.25) is 0 Å². The maximum absolute atomic E-state index is 13.6. The molecule has 98 valence electrons. The Kier molecular flexibility index (Phi) is 3.84. The van der Waals surface area contributed by atoms with E-state index in [1.165, 1.54) is 18.2 Å². The van der Waals surface area contributed by atoms with Crippen molar-refractivity contribution in [3.05, 3.63) is 29.6 Å². The van der Waals surface area contributed by atoms with Crippen molar-refractivity contribution in [3.8, 4) is 5.75 Å². The summed E-state index contributed by atoms with van der Waals surface area (Å²) in [6.07, 6.45) is 3.10.